The lowest BCUT2D eigenvalue weighted by molar-refractivity contribution is -0.108. The van der Waals surface area contributed by atoms with Gasteiger partial charge in [0.1, 0.15) is 0 Å². The van der Waals surface area contributed by atoms with Gasteiger partial charge in [-0.3, -0.25) is 4.79 Å². The molecule has 3 N–H and O–H groups in total. The largest absolute Gasteiger partial charge is 0.344 e. The summed E-state index contributed by atoms with van der Waals surface area (Å²) in [6.45, 7) is 3.67. The molecule has 0 aliphatic rings. The van der Waals surface area contributed by atoms with Crippen molar-refractivity contribution < 1.29 is 4.79 Å². The van der Waals surface area contributed by atoms with Crippen LogP contribution in [0.3, 0.4) is 0 Å². The number of carbonyl (C=O) groups excluding carboxylic acids is 1. The first-order valence-electron chi connectivity index (χ1n) is 2.55. The third kappa shape index (κ3) is 5.53. The number of carbonyl (C=O) groups is 1. The van der Waals surface area contributed by atoms with E-state index in [9.17, 15) is 4.79 Å². The van der Waals surface area contributed by atoms with Crippen LogP contribution >= 0.6 is 11.6 Å². The molecular formula is C6H12ClNO. The molecule has 3 heteroatoms. The van der Waals surface area contributed by atoms with Crippen molar-refractivity contribution in [3.8, 4) is 0 Å². The maximum Gasteiger partial charge on any atom is 0.247 e. The second-order valence-corrected chi connectivity index (χ2v) is 1.91. The fraction of sp³-hybridized carbons (Fsp3) is 0.500. The number of rotatable bonds is 2. The Labute approximate surface area is 60.5 Å². The molecule has 0 unspecified atom stereocenters. The average Bonchev–Trinajstić information content (AvgIpc) is 1.67. The van der Waals surface area contributed by atoms with Gasteiger partial charge < -0.3 is 6.15 Å². The van der Waals surface area contributed by atoms with E-state index in [0.29, 0.717) is 5.57 Å². The van der Waals surface area contributed by atoms with Gasteiger partial charge in [-0.1, -0.05) is 13.0 Å². The van der Waals surface area contributed by atoms with Crippen molar-refractivity contribution in [2.75, 3.05) is 0 Å². The predicted octanol–water partition coefficient (Wildman–Crippen LogP) is 2.27. The second-order valence-electron chi connectivity index (χ2n) is 1.57. The highest BCUT2D eigenvalue weighted by Gasteiger charge is 1.94. The van der Waals surface area contributed by atoms with Gasteiger partial charge in [0.05, 0.1) is 0 Å². The molecule has 0 fully saturated rings. The van der Waals surface area contributed by atoms with Crippen molar-refractivity contribution in [3.05, 3.63) is 11.6 Å². The molecular weight excluding hydrogens is 138 g/mol. The van der Waals surface area contributed by atoms with Crippen LogP contribution in [0.25, 0.3) is 0 Å². The summed E-state index contributed by atoms with van der Waals surface area (Å²) in [5.41, 5.74) is 0.633. The molecule has 0 amide bonds. The predicted molar refractivity (Wildman–Crippen MR) is 39.9 cm³/mol. The smallest absolute Gasteiger partial charge is 0.247 e. The minimum atomic E-state index is -0.355. The minimum Gasteiger partial charge on any atom is -0.344 e. The van der Waals surface area contributed by atoms with Crippen molar-refractivity contribution in [2.24, 2.45) is 0 Å². The van der Waals surface area contributed by atoms with Crippen LogP contribution in [0.2, 0.25) is 0 Å². The maximum atomic E-state index is 10.2. The number of halogens is 1. The van der Waals surface area contributed by atoms with E-state index in [-0.39, 0.29) is 11.4 Å². The van der Waals surface area contributed by atoms with E-state index >= 15 is 0 Å². The monoisotopic (exact) mass is 149 g/mol. The van der Waals surface area contributed by atoms with Crippen LogP contribution in [0.4, 0.5) is 0 Å². The Bertz CT molecular complexity index is 120. The van der Waals surface area contributed by atoms with Gasteiger partial charge in [0.2, 0.25) is 5.24 Å². The zero-order valence-electron chi connectivity index (χ0n) is 5.78. The molecule has 0 spiro atoms. The van der Waals surface area contributed by atoms with Gasteiger partial charge in [-0.05, 0) is 24.9 Å². The van der Waals surface area contributed by atoms with Crippen molar-refractivity contribution >= 4 is 16.8 Å². The molecule has 54 valence electrons. The molecule has 0 aliphatic carbocycles. The summed E-state index contributed by atoms with van der Waals surface area (Å²) in [4.78, 5) is 10.2. The summed E-state index contributed by atoms with van der Waals surface area (Å²) in [7, 11) is 0. The quantitative estimate of drug-likeness (QED) is 0.484. The lowest BCUT2D eigenvalue weighted by atomic mass is 10.3. The first-order valence-corrected chi connectivity index (χ1v) is 2.93. The molecule has 0 rings (SSSR count). The number of allylic oxidation sites excluding steroid dienone is 2. The lowest BCUT2D eigenvalue weighted by Gasteiger charge is -1.86. The standard InChI is InChI=1S/C6H9ClO.H3N/c1-3-4-5(2)6(7)8;/h4H,3H2,1-2H3;1H3. The molecule has 0 aromatic rings. The van der Waals surface area contributed by atoms with Gasteiger partial charge in [0.25, 0.3) is 0 Å². The van der Waals surface area contributed by atoms with Gasteiger partial charge in [-0.25, -0.2) is 0 Å². The van der Waals surface area contributed by atoms with Crippen LogP contribution in [0, 0.1) is 0 Å². The zero-order valence-corrected chi connectivity index (χ0v) is 6.53. The van der Waals surface area contributed by atoms with Gasteiger partial charge >= 0.3 is 0 Å². The normalized spacial score (nSPS) is 10.3. The van der Waals surface area contributed by atoms with E-state index in [4.69, 9.17) is 11.6 Å². The van der Waals surface area contributed by atoms with Crippen molar-refractivity contribution in [1.82, 2.24) is 6.15 Å². The molecule has 0 aromatic carbocycles. The van der Waals surface area contributed by atoms with E-state index in [2.05, 4.69) is 0 Å². The number of hydrogen-bond acceptors (Lipinski definition) is 2. The van der Waals surface area contributed by atoms with E-state index in [1.807, 2.05) is 6.92 Å². The van der Waals surface area contributed by atoms with Crippen LogP contribution < -0.4 is 6.15 Å². The molecule has 0 bridgehead atoms. The highest BCUT2D eigenvalue weighted by Crippen LogP contribution is 1.98. The van der Waals surface area contributed by atoms with Crippen LogP contribution in [0.1, 0.15) is 20.3 Å². The Morgan fingerprint density at radius 2 is 2.11 bits per heavy atom. The molecule has 0 radical (unpaired) electrons. The van der Waals surface area contributed by atoms with E-state index < -0.39 is 0 Å². The van der Waals surface area contributed by atoms with Crippen LogP contribution in [-0.2, 0) is 4.79 Å². The minimum absolute atomic E-state index is 0. The summed E-state index contributed by atoms with van der Waals surface area (Å²) in [5, 5.41) is -0.355. The second kappa shape index (κ2) is 5.79. The SMILES string of the molecule is CCC=C(C)C(=O)Cl.N. The summed E-state index contributed by atoms with van der Waals surface area (Å²) in [5.74, 6) is 0. The molecule has 0 saturated carbocycles. The first kappa shape index (κ1) is 11.5. The summed E-state index contributed by atoms with van der Waals surface area (Å²) in [6.07, 6.45) is 2.67. The third-order valence-corrected chi connectivity index (χ3v) is 1.12. The van der Waals surface area contributed by atoms with E-state index in [1.165, 1.54) is 0 Å². The van der Waals surface area contributed by atoms with Crippen molar-refractivity contribution in [2.45, 2.75) is 20.3 Å². The Kier molecular flexibility index (Phi) is 7.37. The highest BCUT2D eigenvalue weighted by atomic mass is 35.5. The average molecular weight is 150 g/mol. The number of hydrogen-bond donors (Lipinski definition) is 1. The van der Waals surface area contributed by atoms with Gasteiger partial charge in [-0.15, -0.1) is 0 Å². The summed E-state index contributed by atoms with van der Waals surface area (Å²) >= 11 is 5.10. The zero-order chi connectivity index (χ0) is 6.57. The summed E-state index contributed by atoms with van der Waals surface area (Å²) < 4.78 is 0. The van der Waals surface area contributed by atoms with Crippen molar-refractivity contribution in [1.29, 1.82) is 0 Å². The van der Waals surface area contributed by atoms with Crippen LogP contribution in [0.5, 0.6) is 0 Å². The van der Waals surface area contributed by atoms with Gasteiger partial charge in [0, 0.05) is 5.57 Å². The van der Waals surface area contributed by atoms with Gasteiger partial charge in [0.15, 0.2) is 0 Å². The first-order chi connectivity index (χ1) is 3.68. The van der Waals surface area contributed by atoms with Crippen molar-refractivity contribution in [3.63, 3.8) is 0 Å². The molecule has 0 aromatic heterocycles. The topological polar surface area (TPSA) is 52.1 Å². The lowest BCUT2D eigenvalue weighted by Crippen LogP contribution is -1.85. The molecule has 0 atom stereocenters. The molecule has 0 saturated heterocycles. The fourth-order valence-corrected chi connectivity index (χ4v) is 0.464. The summed E-state index contributed by atoms with van der Waals surface area (Å²) in [6, 6.07) is 0. The van der Waals surface area contributed by atoms with Crippen LogP contribution in [0.15, 0.2) is 11.6 Å². The molecule has 0 heterocycles. The van der Waals surface area contributed by atoms with Crippen LogP contribution in [-0.4, -0.2) is 5.24 Å². The Morgan fingerprint density at radius 1 is 1.67 bits per heavy atom. The molecule has 9 heavy (non-hydrogen) atoms. The highest BCUT2D eigenvalue weighted by molar-refractivity contribution is 6.67. The Morgan fingerprint density at radius 3 is 2.22 bits per heavy atom. The van der Waals surface area contributed by atoms with Gasteiger partial charge in [-0.2, -0.15) is 0 Å². The fourth-order valence-electron chi connectivity index (χ4n) is 0.386. The third-order valence-electron chi connectivity index (χ3n) is 0.820. The Balaban J connectivity index is 0. The molecule has 2 nitrogen and oxygen atoms in total. The van der Waals surface area contributed by atoms with E-state index in [0.717, 1.165) is 6.42 Å². The van der Waals surface area contributed by atoms with E-state index in [1.54, 1.807) is 13.0 Å². The maximum absolute atomic E-state index is 10.2. The molecule has 0 aliphatic heterocycles. The Hall–Kier alpha value is -0.340.